The van der Waals surface area contributed by atoms with Gasteiger partial charge in [-0.05, 0) is 44.0 Å². The van der Waals surface area contributed by atoms with Gasteiger partial charge in [0, 0.05) is 28.9 Å². The van der Waals surface area contributed by atoms with Crippen LogP contribution in [-0.4, -0.2) is 21.9 Å². The van der Waals surface area contributed by atoms with Crippen molar-refractivity contribution in [3.8, 4) is 6.07 Å². The summed E-state index contributed by atoms with van der Waals surface area (Å²) in [4.78, 5) is 12.4. The minimum Gasteiger partial charge on any atom is -0.332 e. The maximum absolute atomic E-state index is 12.4. The number of benzene rings is 2. The Labute approximate surface area is 182 Å². The first-order valence-electron chi connectivity index (χ1n) is 10.4. The van der Waals surface area contributed by atoms with Gasteiger partial charge in [0.1, 0.15) is 0 Å². The number of nitrogens with zero attached hydrogens (tertiary/aromatic N) is 3. The van der Waals surface area contributed by atoms with Gasteiger partial charge in [-0.1, -0.05) is 48.6 Å². The van der Waals surface area contributed by atoms with Gasteiger partial charge in [-0.15, -0.1) is 0 Å². The van der Waals surface area contributed by atoms with E-state index in [0.717, 1.165) is 24.4 Å². The summed E-state index contributed by atoms with van der Waals surface area (Å²) in [6, 6.07) is 18.9. The number of hydrogen-bond donors (Lipinski definition) is 2. The molecule has 0 bridgehead atoms. The summed E-state index contributed by atoms with van der Waals surface area (Å²) in [6.07, 6.45) is 5.00. The van der Waals surface area contributed by atoms with E-state index in [-0.39, 0.29) is 18.0 Å². The summed E-state index contributed by atoms with van der Waals surface area (Å²) < 4.78 is 2.06. The normalized spacial score (nSPS) is 17.3. The van der Waals surface area contributed by atoms with Crippen molar-refractivity contribution in [2.45, 2.75) is 38.8 Å². The van der Waals surface area contributed by atoms with Gasteiger partial charge in [0.25, 0.3) is 0 Å². The minimum absolute atomic E-state index is 0.0552. The van der Waals surface area contributed by atoms with Crippen molar-refractivity contribution in [3.05, 3.63) is 94.8 Å². The molecule has 0 fully saturated rings. The highest BCUT2D eigenvalue weighted by atomic mass is 16.2. The molecule has 2 amide bonds. The minimum atomic E-state index is -0.279. The van der Waals surface area contributed by atoms with Crippen molar-refractivity contribution in [1.82, 2.24) is 15.1 Å². The molecular formula is C25H25N5O. The van der Waals surface area contributed by atoms with Crippen LogP contribution in [0.25, 0.3) is 0 Å². The van der Waals surface area contributed by atoms with Crippen LogP contribution in [0, 0.1) is 25.2 Å². The molecule has 2 N–H and O–H groups in total. The Bertz CT molecular complexity index is 1160. The standard InChI is InChI=1S/C25H25N5O/c1-17-24(18(2)30(29-17)16-19-7-4-3-5-8-19)21-11-12-23(14-21)28-25(31)27-22-10-6-9-20(13-22)15-26/h3-13,21,23H,14,16H2,1-2H3,(H2,27,28,31)/t21-,23-/m1/s1. The lowest BCUT2D eigenvalue weighted by atomic mass is 9.96. The maximum Gasteiger partial charge on any atom is 0.319 e. The van der Waals surface area contributed by atoms with E-state index in [2.05, 4.69) is 46.5 Å². The molecule has 1 aliphatic carbocycles. The Balaban J connectivity index is 1.39. The van der Waals surface area contributed by atoms with Gasteiger partial charge < -0.3 is 10.6 Å². The first kappa shape index (κ1) is 20.4. The fourth-order valence-electron chi connectivity index (χ4n) is 4.18. The highest BCUT2D eigenvalue weighted by molar-refractivity contribution is 5.89. The van der Waals surface area contributed by atoms with Gasteiger partial charge in [-0.25, -0.2) is 4.79 Å². The Morgan fingerprint density at radius 2 is 1.97 bits per heavy atom. The summed E-state index contributed by atoms with van der Waals surface area (Å²) in [5.41, 5.74) is 5.76. The summed E-state index contributed by atoms with van der Waals surface area (Å²) in [6.45, 7) is 4.91. The van der Waals surface area contributed by atoms with E-state index >= 15 is 0 Å². The van der Waals surface area contributed by atoms with Crippen molar-refractivity contribution in [1.29, 1.82) is 5.26 Å². The van der Waals surface area contributed by atoms with Gasteiger partial charge in [-0.3, -0.25) is 4.68 Å². The first-order valence-corrected chi connectivity index (χ1v) is 10.4. The smallest absolute Gasteiger partial charge is 0.319 e. The van der Waals surface area contributed by atoms with Crippen LogP contribution < -0.4 is 10.6 Å². The number of nitriles is 1. The fraction of sp³-hybridized carbons (Fsp3) is 0.240. The van der Waals surface area contributed by atoms with Gasteiger partial charge in [0.15, 0.2) is 0 Å². The van der Waals surface area contributed by atoms with Crippen LogP contribution >= 0.6 is 0 Å². The molecule has 3 aromatic rings. The number of hydrogen-bond acceptors (Lipinski definition) is 3. The molecule has 1 heterocycles. The molecule has 0 unspecified atom stereocenters. The molecular weight excluding hydrogens is 386 g/mol. The molecule has 0 spiro atoms. The van der Waals surface area contributed by atoms with E-state index in [9.17, 15) is 4.79 Å². The van der Waals surface area contributed by atoms with E-state index in [4.69, 9.17) is 10.4 Å². The number of amides is 2. The molecule has 4 rings (SSSR count). The second-order valence-electron chi connectivity index (χ2n) is 7.85. The van der Waals surface area contributed by atoms with Crippen molar-refractivity contribution in [2.24, 2.45) is 0 Å². The van der Waals surface area contributed by atoms with Crippen molar-refractivity contribution in [2.75, 3.05) is 5.32 Å². The van der Waals surface area contributed by atoms with Crippen LogP contribution in [0.1, 0.15) is 40.4 Å². The lowest BCUT2D eigenvalue weighted by Gasteiger charge is -2.15. The number of carbonyl (C=O) groups excluding carboxylic acids is 1. The Kier molecular flexibility index (Phi) is 5.85. The maximum atomic E-state index is 12.4. The predicted molar refractivity (Wildman–Crippen MR) is 121 cm³/mol. The molecule has 1 aliphatic rings. The van der Waals surface area contributed by atoms with Crippen LogP contribution in [-0.2, 0) is 6.54 Å². The quantitative estimate of drug-likeness (QED) is 0.599. The number of allylic oxidation sites excluding steroid dienone is 1. The molecule has 0 saturated carbocycles. The van der Waals surface area contributed by atoms with E-state index < -0.39 is 0 Å². The lowest BCUT2D eigenvalue weighted by Crippen LogP contribution is -2.36. The average molecular weight is 412 g/mol. The van der Waals surface area contributed by atoms with Crippen molar-refractivity contribution < 1.29 is 4.79 Å². The van der Waals surface area contributed by atoms with Crippen molar-refractivity contribution >= 4 is 11.7 Å². The Morgan fingerprint density at radius 1 is 1.16 bits per heavy atom. The average Bonchev–Trinajstić information content (AvgIpc) is 3.32. The number of urea groups is 1. The number of aryl methyl sites for hydroxylation is 1. The summed E-state index contributed by atoms with van der Waals surface area (Å²) in [5.74, 6) is 0.219. The molecule has 156 valence electrons. The zero-order chi connectivity index (χ0) is 21.8. The highest BCUT2D eigenvalue weighted by Crippen LogP contribution is 2.33. The van der Waals surface area contributed by atoms with E-state index in [1.165, 1.54) is 11.1 Å². The second kappa shape index (κ2) is 8.88. The van der Waals surface area contributed by atoms with Gasteiger partial charge in [-0.2, -0.15) is 10.4 Å². The molecule has 31 heavy (non-hydrogen) atoms. The summed E-state index contributed by atoms with van der Waals surface area (Å²) in [7, 11) is 0. The lowest BCUT2D eigenvalue weighted by molar-refractivity contribution is 0.250. The van der Waals surface area contributed by atoms with Crippen LogP contribution in [0.15, 0.2) is 66.7 Å². The van der Waals surface area contributed by atoms with E-state index in [1.54, 1.807) is 24.3 Å². The van der Waals surface area contributed by atoms with Gasteiger partial charge in [0.2, 0.25) is 0 Å². The summed E-state index contributed by atoms with van der Waals surface area (Å²) >= 11 is 0. The van der Waals surface area contributed by atoms with Crippen LogP contribution in [0.2, 0.25) is 0 Å². The summed E-state index contributed by atoms with van der Waals surface area (Å²) in [5, 5.41) is 19.6. The van der Waals surface area contributed by atoms with Crippen molar-refractivity contribution in [3.63, 3.8) is 0 Å². The highest BCUT2D eigenvalue weighted by Gasteiger charge is 2.26. The Hall–Kier alpha value is -3.85. The van der Waals surface area contributed by atoms with E-state index in [0.29, 0.717) is 11.3 Å². The third-order valence-corrected chi connectivity index (χ3v) is 5.63. The number of aromatic nitrogens is 2. The largest absolute Gasteiger partial charge is 0.332 e. The molecule has 0 saturated heterocycles. The monoisotopic (exact) mass is 411 g/mol. The topological polar surface area (TPSA) is 82.7 Å². The molecule has 6 nitrogen and oxygen atoms in total. The first-order chi connectivity index (χ1) is 15.0. The molecule has 2 aromatic carbocycles. The second-order valence-corrected chi connectivity index (χ2v) is 7.85. The van der Waals surface area contributed by atoms with E-state index in [1.807, 2.05) is 31.2 Å². The SMILES string of the molecule is Cc1nn(Cc2ccccc2)c(C)c1[C@@H]1C=C[C@@H](NC(=O)Nc2cccc(C#N)c2)C1. The molecule has 6 heteroatoms. The predicted octanol–water partition coefficient (Wildman–Crippen LogP) is 4.65. The van der Waals surface area contributed by atoms with Gasteiger partial charge in [0.05, 0.1) is 23.9 Å². The number of nitrogens with one attached hydrogen (secondary N) is 2. The van der Waals surface area contributed by atoms with Crippen LogP contribution in [0.4, 0.5) is 10.5 Å². The molecule has 0 aliphatic heterocycles. The fourth-order valence-corrected chi connectivity index (χ4v) is 4.18. The third-order valence-electron chi connectivity index (χ3n) is 5.63. The van der Waals surface area contributed by atoms with Gasteiger partial charge >= 0.3 is 6.03 Å². The molecule has 0 radical (unpaired) electrons. The molecule has 1 aromatic heterocycles. The Morgan fingerprint density at radius 3 is 2.74 bits per heavy atom. The molecule has 2 atom stereocenters. The zero-order valence-electron chi connectivity index (χ0n) is 17.7. The number of anilines is 1. The number of carbonyl (C=O) groups is 1. The van der Waals surface area contributed by atoms with Crippen LogP contribution in [0.3, 0.4) is 0 Å². The number of rotatable bonds is 5. The zero-order valence-corrected chi connectivity index (χ0v) is 17.7. The third kappa shape index (κ3) is 4.67. The van der Waals surface area contributed by atoms with Crippen LogP contribution in [0.5, 0.6) is 0 Å².